The van der Waals surface area contributed by atoms with E-state index in [1.165, 1.54) is 6.42 Å². The van der Waals surface area contributed by atoms with Crippen LogP contribution in [-0.4, -0.2) is 28.7 Å². The second-order valence-electron chi connectivity index (χ2n) is 2.35. The molecule has 0 radical (unpaired) electrons. The summed E-state index contributed by atoms with van der Waals surface area (Å²) in [5, 5.41) is 0. The monoisotopic (exact) mass is 204 g/mol. The summed E-state index contributed by atoms with van der Waals surface area (Å²) in [5.41, 5.74) is 0. The van der Waals surface area contributed by atoms with Crippen LogP contribution in [0.4, 0.5) is 0 Å². The number of esters is 1. The van der Waals surface area contributed by atoms with Crippen molar-refractivity contribution in [2.24, 2.45) is 0 Å². The summed E-state index contributed by atoms with van der Waals surface area (Å²) in [6.45, 7) is 3.82. The Morgan fingerprint density at radius 3 is 2.83 bits per heavy atom. The first kappa shape index (κ1) is 9.99. The zero-order chi connectivity index (χ0) is 8.81. The highest BCUT2D eigenvalue weighted by molar-refractivity contribution is 8.18. The van der Waals surface area contributed by atoms with Gasteiger partial charge in [-0.1, -0.05) is 12.7 Å². The highest BCUT2D eigenvalue weighted by Crippen LogP contribution is 2.31. The quantitative estimate of drug-likeness (QED) is 0.518. The number of thioether (sulfide) groups is 2. The largest absolute Gasteiger partial charge is 0.460 e. The minimum absolute atomic E-state index is 0.00120. The molecule has 0 saturated carbocycles. The fourth-order valence-electron chi connectivity index (χ4n) is 0.833. The maximum atomic E-state index is 11.2. The Labute approximate surface area is 81.1 Å². The third-order valence-corrected chi connectivity index (χ3v) is 4.22. The Hall–Kier alpha value is -0.0900. The van der Waals surface area contributed by atoms with E-state index in [0.717, 1.165) is 11.5 Å². The van der Waals surface area contributed by atoms with Crippen LogP contribution in [-0.2, 0) is 9.53 Å². The second-order valence-corrected chi connectivity index (χ2v) is 5.07. The topological polar surface area (TPSA) is 26.3 Å². The Bertz CT molecular complexity index is 164. The van der Waals surface area contributed by atoms with Gasteiger partial charge >= 0.3 is 5.97 Å². The van der Waals surface area contributed by atoms with Crippen molar-refractivity contribution in [3.63, 3.8) is 0 Å². The summed E-state index contributed by atoms with van der Waals surface area (Å²) in [4.78, 5) is 11.2. The summed E-state index contributed by atoms with van der Waals surface area (Å²) in [7, 11) is 0. The van der Waals surface area contributed by atoms with E-state index in [9.17, 15) is 4.79 Å². The molecule has 0 unspecified atom stereocenters. The van der Waals surface area contributed by atoms with Gasteiger partial charge in [-0.15, -0.1) is 23.5 Å². The van der Waals surface area contributed by atoms with Crippen molar-refractivity contribution >= 4 is 29.5 Å². The Balaban J connectivity index is 2.24. The Morgan fingerprint density at radius 2 is 2.25 bits per heavy atom. The third-order valence-electron chi connectivity index (χ3n) is 1.36. The van der Waals surface area contributed by atoms with Crippen molar-refractivity contribution < 1.29 is 9.53 Å². The van der Waals surface area contributed by atoms with Crippen LogP contribution >= 0.6 is 23.5 Å². The van der Waals surface area contributed by atoms with E-state index >= 15 is 0 Å². The lowest BCUT2D eigenvalue weighted by molar-refractivity contribution is -0.139. The lowest BCUT2D eigenvalue weighted by Crippen LogP contribution is -2.20. The molecular weight excluding hydrogens is 192 g/mol. The maximum Gasteiger partial charge on any atom is 0.329 e. The van der Waals surface area contributed by atoms with Crippen molar-refractivity contribution in [1.29, 1.82) is 0 Å². The fraction of sp³-hybridized carbons (Fsp3) is 0.625. The summed E-state index contributed by atoms with van der Waals surface area (Å²) in [5.74, 6) is 2.03. The van der Waals surface area contributed by atoms with Crippen LogP contribution in [0.3, 0.4) is 0 Å². The van der Waals surface area contributed by atoms with Gasteiger partial charge in [0.25, 0.3) is 0 Å². The van der Waals surface area contributed by atoms with Gasteiger partial charge in [0, 0.05) is 0 Å². The lowest BCUT2D eigenvalue weighted by atomic mass is 10.6. The average molecular weight is 204 g/mol. The standard InChI is InChI=1S/C8H12O2S2/c1-2-4-10-7(9)8-11-5-3-6-12-8/h2,8H,1,3-6H2. The third kappa shape index (κ3) is 3.11. The van der Waals surface area contributed by atoms with E-state index in [4.69, 9.17) is 4.74 Å². The van der Waals surface area contributed by atoms with Gasteiger partial charge in [0.1, 0.15) is 11.2 Å². The second kappa shape index (κ2) is 5.54. The molecular formula is C8H12O2S2. The summed E-state index contributed by atoms with van der Waals surface area (Å²) in [6, 6.07) is 0. The molecule has 0 bridgehead atoms. The molecule has 1 rings (SSSR count). The van der Waals surface area contributed by atoms with Crippen molar-refractivity contribution in [3.8, 4) is 0 Å². The minimum Gasteiger partial charge on any atom is -0.460 e. The number of rotatable bonds is 3. The molecule has 0 atom stereocenters. The normalized spacial score (nSPS) is 18.7. The van der Waals surface area contributed by atoms with Crippen molar-refractivity contribution in [1.82, 2.24) is 0 Å². The van der Waals surface area contributed by atoms with Gasteiger partial charge in [0.05, 0.1) is 0 Å². The van der Waals surface area contributed by atoms with Crippen LogP contribution in [0.25, 0.3) is 0 Å². The first-order valence-corrected chi connectivity index (χ1v) is 5.95. The van der Waals surface area contributed by atoms with Gasteiger partial charge < -0.3 is 4.74 Å². The number of ether oxygens (including phenoxy) is 1. The molecule has 0 N–H and O–H groups in total. The molecule has 1 heterocycles. The van der Waals surface area contributed by atoms with Crippen LogP contribution in [0.15, 0.2) is 12.7 Å². The first-order chi connectivity index (χ1) is 5.84. The van der Waals surface area contributed by atoms with Crippen LogP contribution in [0.2, 0.25) is 0 Å². The van der Waals surface area contributed by atoms with Gasteiger partial charge in [-0.2, -0.15) is 0 Å². The molecule has 0 aromatic rings. The number of hydrogen-bond acceptors (Lipinski definition) is 4. The molecule has 1 saturated heterocycles. The van der Waals surface area contributed by atoms with Crippen molar-refractivity contribution in [3.05, 3.63) is 12.7 Å². The average Bonchev–Trinajstić information content (AvgIpc) is 2.15. The predicted octanol–water partition coefficient (Wildman–Crippen LogP) is 1.91. The van der Waals surface area contributed by atoms with Crippen LogP contribution < -0.4 is 0 Å². The van der Waals surface area contributed by atoms with E-state index in [1.807, 2.05) is 0 Å². The number of carbonyl (C=O) groups excluding carboxylic acids is 1. The fourth-order valence-corrected chi connectivity index (χ4v) is 3.44. The van der Waals surface area contributed by atoms with E-state index in [-0.39, 0.29) is 10.6 Å². The SMILES string of the molecule is C=CCOC(=O)C1SCCCS1. The molecule has 12 heavy (non-hydrogen) atoms. The van der Waals surface area contributed by atoms with Crippen LogP contribution in [0.5, 0.6) is 0 Å². The smallest absolute Gasteiger partial charge is 0.329 e. The predicted molar refractivity (Wildman–Crippen MR) is 54.5 cm³/mol. The summed E-state index contributed by atoms with van der Waals surface area (Å²) < 4.78 is 4.93. The van der Waals surface area contributed by atoms with Crippen LogP contribution in [0, 0.1) is 0 Å². The van der Waals surface area contributed by atoms with Crippen molar-refractivity contribution in [2.75, 3.05) is 18.1 Å². The molecule has 2 nitrogen and oxygen atoms in total. The summed E-state index contributed by atoms with van der Waals surface area (Å²) in [6.07, 6.45) is 2.79. The highest BCUT2D eigenvalue weighted by atomic mass is 32.2. The van der Waals surface area contributed by atoms with E-state index < -0.39 is 0 Å². The molecule has 0 aliphatic carbocycles. The first-order valence-electron chi connectivity index (χ1n) is 3.85. The number of carbonyl (C=O) groups is 1. The highest BCUT2D eigenvalue weighted by Gasteiger charge is 2.23. The van der Waals surface area contributed by atoms with E-state index in [0.29, 0.717) is 6.61 Å². The van der Waals surface area contributed by atoms with Gasteiger partial charge in [-0.25, -0.2) is 4.79 Å². The van der Waals surface area contributed by atoms with Gasteiger partial charge in [-0.05, 0) is 17.9 Å². The van der Waals surface area contributed by atoms with Crippen molar-refractivity contribution in [2.45, 2.75) is 11.0 Å². The zero-order valence-corrected chi connectivity index (χ0v) is 8.46. The Kier molecular flexibility index (Phi) is 4.61. The lowest BCUT2D eigenvalue weighted by Gasteiger charge is -2.18. The maximum absolute atomic E-state index is 11.2. The molecule has 1 fully saturated rings. The minimum atomic E-state index is -0.107. The molecule has 1 aliphatic heterocycles. The number of hydrogen-bond donors (Lipinski definition) is 0. The van der Waals surface area contributed by atoms with E-state index in [2.05, 4.69) is 6.58 Å². The molecule has 0 aromatic carbocycles. The van der Waals surface area contributed by atoms with Gasteiger partial charge in [0.15, 0.2) is 0 Å². The molecule has 1 aliphatic rings. The molecule has 0 spiro atoms. The van der Waals surface area contributed by atoms with Crippen LogP contribution in [0.1, 0.15) is 6.42 Å². The van der Waals surface area contributed by atoms with Gasteiger partial charge in [0.2, 0.25) is 0 Å². The Morgan fingerprint density at radius 1 is 1.58 bits per heavy atom. The molecule has 4 heteroatoms. The molecule has 0 amide bonds. The van der Waals surface area contributed by atoms with Gasteiger partial charge in [-0.3, -0.25) is 0 Å². The molecule has 0 aromatic heterocycles. The van der Waals surface area contributed by atoms with E-state index in [1.54, 1.807) is 29.6 Å². The summed E-state index contributed by atoms with van der Waals surface area (Å²) >= 11 is 3.35. The zero-order valence-electron chi connectivity index (χ0n) is 6.82. The molecule has 68 valence electrons.